The fourth-order valence-electron chi connectivity index (χ4n) is 3.39. The number of nitrogens with one attached hydrogen (secondary N) is 1. The van der Waals surface area contributed by atoms with E-state index in [1.54, 1.807) is 16.7 Å². The van der Waals surface area contributed by atoms with Gasteiger partial charge in [0.05, 0.1) is 0 Å². The second kappa shape index (κ2) is 3.64. The molecule has 2 atom stereocenters. The summed E-state index contributed by atoms with van der Waals surface area (Å²) in [5.41, 5.74) is 4.89. The lowest BCUT2D eigenvalue weighted by atomic mass is 9.74. The third-order valence-electron chi connectivity index (χ3n) is 4.10. The summed E-state index contributed by atoms with van der Waals surface area (Å²) in [6, 6.07) is 7.59. The minimum Gasteiger partial charge on any atom is -0.309 e. The van der Waals surface area contributed by atoms with Crippen LogP contribution in [0.5, 0.6) is 0 Å². The second-order valence-electron chi connectivity index (χ2n) is 4.88. The van der Waals surface area contributed by atoms with Gasteiger partial charge in [-0.05, 0) is 48.3 Å². The number of hydrogen-bond acceptors (Lipinski definition) is 1. The van der Waals surface area contributed by atoms with E-state index in [2.05, 4.69) is 30.4 Å². The third kappa shape index (κ3) is 1.41. The van der Waals surface area contributed by atoms with Gasteiger partial charge in [0.2, 0.25) is 0 Å². The van der Waals surface area contributed by atoms with Crippen molar-refractivity contribution in [2.75, 3.05) is 0 Å². The lowest BCUT2D eigenvalue weighted by molar-refractivity contribution is 0.356. The molecule has 1 heterocycles. The van der Waals surface area contributed by atoms with Crippen LogP contribution in [0.3, 0.4) is 0 Å². The Morgan fingerprint density at radius 2 is 2.20 bits per heavy atom. The van der Waals surface area contributed by atoms with E-state index in [0.717, 1.165) is 18.5 Å². The van der Waals surface area contributed by atoms with E-state index in [1.165, 1.54) is 25.7 Å². The summed E-state index contributed by atoms with van der Waals surface area (Å²) < 4.78 is 0. The van der Waals surface area contributed by atoms with Gasteiger partial charge in [-0.1, -0.05) is 25.1 Å². The largest absolute Gasteiger partial charge is 0.309 e. The van der Waals surface area contributed by atoms with E-state index in [9.17, 15) is 0 Å². The Morgan fingerprint density at radius 1 is 1.33 bits per heavy atom. The molecule has 2 aliphatic rings. The SMILES string of the molecule is CCC1NCc2cccc3c2C1CCC3. The van der Waals surface area contributed by atoms with Crippen molar-refractivity contribution in [3.8, 4) is 0 Å². The summed E-state index contributed by atoms with van der Waals surface area (Å²) in [7, 11) is 0. The molecule has 0 saturated heterocycles. The molecule has 15 heavy (non-hydrogen) atoms. The highest BCUT2D eigenvalue weighted by atomic mass is 14.9. The van der Waals surface area contributed by atoms with Crippen molar-refractivity contribution >= 4 is 0 Å². The molecule has 1 aromatic rings. The molecule has 1 aliphatic carbocycles. The van der Waals surface area contributed by atoms with Crippen molar-refractivity contribution in [3.63, 3.8) is 0 Å². The zero-order valence-electron chi connectivity index (χ0n) is 9.42. The van der Waals surface area contributed by atoms with Crippen molar-refractivity contribution in [2.45, 2.75) is 51.1 Å². The van der Waals surface area contributed by atoms with Crippen LogP contribution in [-0.2, 0) is 13.0 Å². The predicted molar refractivity (Wildman–Crippen MR) is 63.0 cm³/mol. The highest BCUT2D eigenvalue weighted by Crippen LogP contribution is 2.39. The van der Waals surface area contributed by atoms with Crippen molar-refractivity contribution in [2.24, 2.45) is 0 Å². The van der Waals surface area contributed by atoms with Crippen molar-refractivity contribution < 1.29 is 0 Å². The first-order valence-corrected chi connectivity index (χ1v) is 6.24. The van der Waals surface area contributed by atoms with Gasteiger partial charge < -0.3 is 5.32 Å². The van der Waals surface area contributed by atoms with Crippen LogP contribution in [0.2, 0.25) is 0 Å². The molecule has 0 bridgehead atoms. The molecule has 0 fully saturated rings. The summed E-state index contributed by atoms with van der Waals surface area (Å²) >= 11 is 0. The maximum atomic E-state index is 3.69. The van der Waals surface area contributed by atoms with Crippen LogP contribution >= 0.6 is 0 Å². The maximum absolute atomic E-state index is 3.69. The summed E-state index contributed by atoms with van der Waals surface area (Å²) in [5.74, 6) is 0.795. The Morgan fingerprint density at radius 3 is 3.07 bits per heavy atom. The Bertz CT molecular complexity index is 355. The van der Waals surface area contributed by atoms with Gasteiger partial charge in [-0.2, -0.15) is 0 Å². The molecule has 2 unspecified atom stereocenters. The first kappa shape index (κ1) is 9.41. The molecular weight excluding hydrogens is 182 g/mol. The number of benzene rings is 1. The van der Waals surface area contributed by atoms with Crippen LogP contribution in [0.15, 0.2) is 18.2 Å². The molecular formula is C14H19N. The molecule has 1 nitrogen and oxygen atoms in total. The van der Waals surface area contributed by atoms with Crippen LogP contribution in [0.4, 0.5) is 0 Å². The van der Waals surface area contributed by atoms with Gasteiger partial charge in [0.25, 0.3) is 0 Å². The normalized spacial score (nSPS) is 28.6. The highest BCUT2D eigenvalue weighted by molar-refractivity contribution is 5.42. The molecule has 0 spiro atoms. The summed E-state index contributed by atoms with van der Waals surface area (Å²) in [6.07, 6.45) is 5.32. The Kier molecular flexibility index (Phi) is 2.28. The molecule has 1 aromatic carbocycles. The minimum absolute atomic E-state index is 0.721. The predicted octanol–water partition coefficient (Wildman–Crippen LogP) is 2.99. The third-order valence-corrected chi connectivity index (χ3v) is 4.10. The molecule has 1 N–H and O–H groups in total. The van der Waals surface area contributed by atoms with Crippen LogP contribution in [0.1, 0.15) is 48.8 Å². The Labute approximate surface area is 91.9 Å². The minimum atomic E-state index is 0.721. The summed E-state index contributed by atoms with van der Waals surface area (Å²) in [6.45, 7) is 3.39. The monoisotopic (exact) mass is 201 g/mol. The molecule has 1 heteroatoms. The molecule has 3 rings (SSSR count). The molecule has 0 aromatic heterocycles. The topological polar surface area (TPSA) is 12.0 Å². The number of hydrogen-bond donors (Lipinski definition) is 1. The van der Waals surface area contributed by atoms with E-state index >= 15 is 0 Å². The average molecular weight is 201 g/mol. The van der Waals surface area contributed by atoms with Crippen LogP contribution in [0.25, 0.3) is 0 Å². The summed E-state index contributed by atoms with van der Waals surface area (Å²) in [5, 5.41) is 3.69. The van der Waals surface area contributed by atoms with E-state index in [-0.39, 0.29) is 0 Å². The summed E-state index contributed by atoms with van der Waals surface area (Å²) in [4.78, 5) is 0. The first-order chi connectivity index (χ1) is 7.40. The standard InChI is InChI=1S/C14H19N/c1-2-13-12-8-4-6-10-5-3-7-11(9-15-13)14(10)12/h3,5,7,12-13,15H,2,4,6,8-9H2,1H3. The highest BCUT2D eigenvalue weighted by Gasteiger charge is 2.31. The molecule has 0 amide bonds. The van der Waals surface area contributed by atoms with Crippen LogP contribution in [0, 0.1) is 0 Å². The number of rotatable bonds is 1. The van der Waals surface area contributed by atoms with E-state index in [0.29, 0.717) is 0 Å². The molecule has 80 valence electrons. The quantitative estimate of drug-likeness (QED) is 0.736. The maximum Gasteiger partial charge on any atom is 0.0211 e. The van der Waals surface area contributed by atoms with Gasteiger partial charge in [-0.15, -0.1) is 0 Å². The van der Waals surface area contributed by atoms with E-state index in [1.807, 2.05) is 0 Å². The molecule has 0 saturated carbocycles. The molecule has 1 aliphatic heterocycles. The van der Waals surface area contributed by atoms with Gasteiger partial charge in [-0.3, -0.25) is 0 Å². The van der Waals surface area contributed by atoms with Gasteiger partial charge in [0.1, 0.15) is 0 Å². The van der Waals surface area contributed by atoms with E-state index < -0.39 is 0 Å². The Balaban J connectivity index is 2.10. The molecule has 0 radical (unpaired) electrons. The van der Waals surface area contributed by atoms with Gasteiger partial charge in [-0.25, -0.2) is 0 Å². The first-order valence-electron chi connectivity index (χ1n) is 6.24. The Hall–Kier alpha value is -0.820. The fourth-order valence-corrected chi connectivity index (χ4v) is 3.39. The van der Waals surface area contributed by atoms with Crippen molar-refractivity contribution in [1.29, 1.82) is 0 Å². The zero-order chi connectivity index (χ0) is 10.3. The van der Waals surface area contributed by atoms with Gasteiger partial charge in [0, 0.05) is 12.6 Å². The zero-order valence-corrected chi connectivity index (χ0v) is 9.42. The lowest BCUT2D eigenvalue weighted by Gasteiger charge is -2.38. The second-order valence-corrected chi connectivity index (χ2v) is 4.88. The lowest BCUT2D eigenvalue weighted by Crippen LogP contribution is -2.40. The fraction of sp³-hybridized carbons (Fsp3) is 0.571. The number of aryl methyl sites for hydroxylation is 1. The van der Waals surface area contributed by atoms with Crippen molar-refractivity contribution in [1.82, 2.24) is 5.32 Å². The van der Waals surface area contributed by atoms with Crippen LogP contribution < -0.4 is 5.32 Å². The van der Waals surface area contributed by atoms with Gasteiger partial charge in [0.15, 0.2) is 0 Å². The van der Waals surface area contributed by atoms with Crippen LogP contribution in [-0.4, -0.2) is 6.04 Å². The van der Waals surface area contributed by atoms with E-state index in [4.69, 9.17) is 0 Å². The van der Waals surface area contributed by atoms with Gasteiger partial charge >= 0.3 is 0 Å². The average Bonchev–Trinajstić information content (AvgIpc) is 2.30. The smallest absolute Gasteiger partial charge is 0.0211 e. The van der Waals surface area contributed by atoms with Crippen molar-refractivity contribution in [3.05, 3.63) is 34.9 Å².